The third-order valence-electron chi connectivity index (χ3n) is 7.07. The van der Waals surface area contributed by atoms with Gasteiger partial charge in [-0.05, 0) is 75.6 Å². The summed E-state index contributed by atoms with van der Waals surface area (Å²) in [4.78, 5) is 9.41. The summed E-state index contributed by atoms with van der Waals surface area (Å²) < 4.78 is 5.43. The summed E-state index contributed by atoms with van der Waals surface area (Å²) in [5.41, 5.74) is 2.41. The summed E-state index contributed by atoms with van der Waals surface area (Å²) in [5.74, 6) is 1.42. The van der Waals surface area contributed by atoms with Crippen molar-refractivity contribution in [2.45, 2.75) is 57.9 Å². The highest BCUT2D eigenvalue weighted by atomic mass is 35.5. The van der Waals surface area contributed by atoms with Crippen LogP contribution in [0.15, 0.2) is 30.5 Å². The van der Waals surface area contributed by atoms with Crippen LogP contribution < -0.4 is 10.6 Å². The molecule has 33 heavy (non-hydrogen) atoms. The Morgan fingerprint density at radius 3 is 2.73 bits per heavy atom. The molecule has 0 unspecified atom stereocenters. The second kappa shape index (κ2) is 11.3. The molecule has 0 aromatic carbocycles. The van der Waals surface area contributed by atoms with Gasteiger partial charge in [-0.1, -0.05) is 24.6 Å². The first-order chi connectivity index (χ1) is 16.1. The molecule has 0 spiro atoms. The number of hydrogen-bond acceptors (Lipinski definition) is 6. The van der Waals surface area contributed by atoms with E-state index in [1.165, 1.54) is 25.7 Å². The third-order valence-corrected chi connectivity index (χ3v) is 7.37. The molecule has 176 valence electrons. The molecule has 2 aromatic rings. The van der Waals surface area contributed by atoms with Crippen LogP contribution in [0.5, 0.6) is 0 Å². The number of rotatable bonds is 8. The first-order valence-electron chi connectivity index (χ1n) is 12.2. The van der Waals surface area contributed by atoms with Crippen LogP contribution >= 0.6 is 11.6 Å². The van der Waals surface area contributed by atoms with Crippen LogP contribution in [0.4, 0.5) is 5.82 Å². The van der Waals surface area contributed by atoms with Crippen molar-refractivity contribution in [3.8, 4) is 17.3 Å². The number of anilines is 1. The van der Waals surface area contributed by atoms with Gasteiger partial charge in [0.1, 0.15) is 5.82 Å². The van der Waals surface area contributed by atoms with Crippen molar-refractivity contribution in [3.05, 3.63) is 41.2 Å². The monoisotopic (exact) mass is 467 g/mol. The van der Waals surface area contributed by atoms with Crippen molar-refractivity contribution < 1.29 is 4.74 Å². The van der Waals surface area contributed by atoms with Gasteiger partial charge in [-0.2, -0.15) is 5.26 Å². The Hall–Kier alpha value is -2.20. The first-order valence-corrected chi connectivity index (χ1v) is 12.6. The molecule has 6 nitrogen and oxygen atoms in total. The molecule has 2 aromatic heterocycles. The van der Waals surface area contributed by atoms with Gasteiger partial charge < -0.3 is 15.4 Å². The van der Waals surface area contributed by atoms with E-state index in [4.69, 9.17) is 21.3 Å². The Balaban J connectivity index is 1.43. The van der Waals surface area contributed by atoms with Crippen LogP contribution in [0, 0.1) is 22.7 Å². The van der Waals surface area contributed by atoms with Crippen LogP contribution in [0.3, 0.4) is 0 Å². The highest BCUT2D eigenvalue weighted by Crippen LogP contribution is 2.32. The Labute approximate surface area is 202 Å². The first kappa shape index (κ1) is 23.9. The molecule has 0 amide bonds. The lowest BCUT2D eigenvalue weighted by Crippen LogP contribution is -2.34. The lowest BCUT2D eigenvalue weighted by atomic mass is 9.82. The molecule has 1 aliphatic heterocycles. The fourth-order valence-corrected chi connectivity index (χ4v) is 5.18. The van der Waals surface area contributed by atoms with Gasteiger partial charge in [-0.3, -0.25) is 4.98 Å². The fraction of sp³-hybridized carbons (Fsp3) is 0.577. The molecule has 4 rings (SSSR count). The van der Waals surface area contributed by atoms with Crippen LogP contribution in [-0.4, -0.2) is 42.3 Å². The number of nitrogens with one attached hydrogen (secondary N) is 2. The van der Waals surface area contributed by atoms with Crippen molar-refractivity contribution in [1.29, 1.82) is 5.26 Å². The Bertz CT molecular complexity index is 961. The highest BCUT2D eigenvalue weighted by molar-refractivity contribution is 6.33. The van der Waals surface area contributed by atoms with Crippen molar-refractivity contribution in [2.24, 2.45) is 11.3 Å². The average molecular weight is 468 g/mol. The number of halogens is 1. The molecule has 3 heterocycles. The van der Waals surface area contributed by atoms with Gasteiger partial charge in [0.2, 0.25) is 0 Å². The maximum absolute atomic E-state index is 9.70. The van der Waals surface area contributed by atoms with Gasteiger partial charge in [-0.25, -0.2) is 4.98 Å². The van der Waals surface area contributed by atoms with E-state index in [0.29, 0.717) is 36.7 Å². The number of nitriles is 1. The molecule has 7 heteroatoms. The minimum atomic E-state index is -0.400. The standard InChI is InChI=1S/C26H34ClN5O/c1-2-29-20-8-6-19(7-9-20)14-21-15-22(23(27)16-30-21)24-4-3-5-25(32-24)31-18-26(17-28)10-12-33-13-11-26/h3-5,15-16,19-20,29H,2,6-14,18H2,1H3,(H,31,32). The molecule has 2 aliphatic rings. The van der Waals surface area contributed by atoms with Gasteiger partial charge in [0, 0.05) is 43.3 Å². The molecule has 0 atom stereocenters. The minimum Gasteiger partial charge on any atom is -0.381 e. The SMILES string of the molecule is CCNC1CCC(Cc2cc(-c3cccc(NCC4(C#N)CCOCC4)n3)c(Cl)cn2)CC1. The lowest BCUT2D eigenvalue weighted by molar-refractivity contribution is 0.0455. The van der Waals surface area contributed by atoms with E-state index < -0.39 is 5.41 Å². The molecule has 2 fully saturated rings. The second-order valence-electron chi connectivity index (χ2n) is 9.40. The van der Waals surface area contributed by atoms with Gasteiger partial charge >= 0.3 is 0 Å². The zero-order chi connectivity index (χ0) is 23.1. The topological polar surface area (TPSA) is 82.9 Å². The lowest BCUT2D eigenvalue weighted by Gasteiger charge is -2.30. The molecule has 1 saturated carbocycles. The molecule has 0 radical (unpaired) electrons. The average Bonchev–Trinajstić information content (AvgIpc) is 2.86. The van der Waals surface area contributed by atoms with Gasteiger partial charge in [-0.15, -0.1) is 0 Å². The summed E-state index contributed by atoms with van der Waals surface area (Å²) in [5, 5.41) is 17.3. The predicted octanol–water partition coefficient (Wildman–Crippen LogP) is 5.24. The number of aromatic nitrogens is 2. The second-order valence-corrected chi connectivity index (χ2v) is 9.81. The summed E-state index contributed by atoms with van der Waals surface area (Å²) in [6.45, 7) is 5.05. The molecular weight excluding hydrogens is 434 g/mol. The zero-order valence-corrected chi connectivity index (χ0v) is 20.2. The Morgan fingerprint density at radius 1 is 1.21 bits per heavy atom. The van der Waals surface area contributed by atoms with E-state index in [2.05, 4.69) is 34.7 Å². The largest absolute Gasteiger partial charge is 0.381 e. The predicted molar refractivity (Wildman–Crippen MR) is 132 cm³/mol. The van der Waals surface area contributed by atoms with E-state index >= 15 is 0 Å². The fourth-order valence-electron chi connectivity index (χ4n) is 4.98. The summed E-state index contributed by atoms with van der Waals surface area (Å²) >= 11 is 6.53. The van der Waals surface area contributed by atoms with Crippen LogP contribution in [0.2, 0.25) is 5.02 Å². The number of nitrogens with zero attached hydrogens (tertiary/aromatic N) is 3. The summed E-state index contributed by atoms with van der Waals surface area (Å²) in [6, 6.07) is 11.2. The van der Waals surface area contributed by atoms with Crippen molar-refractivity contribution in [3.63, 3.8) is 0 Å². The molecule has 2 N–H and O–H groups in total. The maximum atomic E-state index is 9.70. The number of pyridine rings is 2. The van der Waals surface area contributed by atoms with E-state index in [-0.39, 0.29) is 0 Å². The third kappa shape index (κ3) is 6.23. The quantitative estimate of drug-likeness (QED) is 0.552. The van der Waals surface area contributed by atoms with E-state index in [9.17, 15) is 5.26 Å². The zero-order valence-electron chi connectivity index (χ0n) is 19.4. The van der Waals surface area contributed by atoms with Crippen LogP contribution in [0.25, 0.3) is 11.3 Å². The van der Waals surface area contributed by atoms with Crippen molar-refractivity contribution in [2.75, 3.05) is 31.6 Å². The smallest absolute Gasteiger partial charge is 0.126 e. The normalized spacial score (nSPS) is 22.5. The van der Waals surface area contributed by atoms with Gasteiger partial charge in [0.25, 0.3) is 0 Å². The highest BCUT2D eigenvalue weighted by Gasteiger charge is 2.32. The van der Waals surface area contributed by atoms with Crippen LogP contribution in [-0.2, 0) is 11.2 Å². The molecular formula is C26H34ClN5O. The number of hydrogen-bond donors (Lipinski definition) is 2. The summed E-state index contributed by atoms with van der Waals surface area (Å²) in [6.07, 6.45) is 9.17. The van der Waals surface area contributed by atoms with Crippen LogP contribution in [0.1, 0.15) is 51.1 Å². The number of ether oxygens (including phenoxy) is 1. The van der Waals surface area contributed by atoms with Gasteiger partial charge in [0.15, 0.2) is 0 Å². The van der Waals surface area contributed by atoms with E-state index in [1.807, 2.05) is 18.2 Å². The Morgan fingerprint density at radius 2 is 2.00 bits per heavy atom. The molecule has 1 saturated heterocycles. The molecule has 1 aliphatic carbocycles. The summed E-state index contributed by atoms with van der Waals surface area (Å²) in [7, 11) is 0. The Kier molecular flexibility index (Phi) is 8.19. The molecule has 0 bridgehead atoms. The maximum Gasteiger partial charge on any atom is 0.126 e. The van der Waals surface area contributed by atoms with Crippen molar-refractivity contribution >= 4 is 17.4 Å². The van der Waals surface area contributed by atoms with Gasteiger partial charge in [0.05, 0.1) is 22.2 Å². The minimum absolute atomic E-state index is 0.400. The van der Waals surface area contributed by atoms with E-state index in [1.54, 1.807) is 6.20 Å². The van der Waals surface area contributed by atoms with E-state index in [0.717, 1.165) is 48.6 Å². The van der Waals surface area contributed by atoms with Crippen molar-refractivity contribution in [1.82, 2.24) is 15.3 Å².